The van der Waals surface area contributed by atoms with Gasteiger partial charge in [0.05, 0.1) is 0 Å². The molecule has 0 aromatic heterocycles. The number of hydrogen-bond acceptors (Lipinski definition) is 0. The molecule has 0 nitrogen and oxygen atoms in total. The van der Waals surface area contributed by atoms with Crippen LogP contribution in [0.5, 0.6) is 0 Å². The van der Waals surface area contributed by atoms with Gasteiger partial charge in [-0.05, 0) is 25.2 Å². The summed E-state index contributed by atoms with van der Waals surface area (Å²) in [6.45, 7) is 6.79. The molecule has 62 valence electrons. The molecule has 0 N–H and O–H groups in total. The quantitative estimate of drug-likeness (QED) is 0.575. The van der Waals surface area contributed by atoms with Crippen molar-refractivity contribution in [2.75, 3.05) is 0 Å². The van der Waals surface area contributed by atoms with Crippen molar-refractivity contribution in [2.24, 2.45) is 5.92 Å². The van der Waals surface area contributed by atoms with E-state index in [0.29, 0.717) is 0 Å². The Morgan fingerprint density at radius 2 is 2.18 bits per heavy atom. The third kappa shape index (κ3) is 2.53. The molecular weight excluding hydrogens is 132 g/mol. The average molecular weight is 150 g/mol. The maximum absolute atomic E-state index is 2.38. The van der Waals surface area contributed by atoms with E-state index in [1.54, 1.807) is 11.1 Å². The molecular formula is C11H18. The van der Waals surface area contributed by atoms with Gasteiger partial charge in [-0.2, -0.15) is 0 Å². The van der Waals surface area contributed by atoms with Gasteiger partial charge in [0.25, 0.3) is 0 Å². The first-order valence-corrected chi connectivity index (χ1v) is 4.60. The topological polar surface area (TPSA) is 0 Å². The lowest BCUT2D eigenvalue weighted by Gasteiger charge is -2.02. The van der Waals surface area contributed by atoms with Gasteiger partial charge in [-0.15, -0.1) is 0 Å². The van der Waals surface area contributed by atoms with Gasteiger partial charge in [0.1, 0.15) is 0 Å². The predicted molar refractivity (Wildman–Crippen MR) is 50.5 cm³/mol. The standard InChI is InChI=1S/C11H18/c1-4-10-5-6-11(8-10)7-9(2)3/h6,8-9H,4-5,7H2,1-3H3. The van der Waals surface area contributed by atoms with Gasteiger partial charge in [0.15, 0.2) is 0 Å². The minimum atomic E-state index is 0.800. The van der Waals surface area contributed by atoms with Crippen LogP contribution in [-0.2, 0) is 0 Å². The molecule has 0 atom stereocenters. The molecule has 0 aromatic rings. The normalized spacial score (nSPS) is 17.1. The Hall–Kier alpha value is -0.520. The van der Waals surface area contributed by atoms with Crippen LogP contribution in [0.15, 0.2) is 23.3 Å². The molecule has 0 saturated carbocycles. The summed E-state index contributed by atoms with van der Waals surface area (Å²) in [5.74, 6) is 0.800. The van der Waals surface area contributed by atoms with Gasteiger partial charge >= 0.3 is 0 Å². The molecule has 0 spiro atoms. The monoisotopic (exact) mass is 150 g/mol. The van der Waals surface area contributed by atoms with E-state index in [4.69, 9.17) is 0 Å². The van der Waals surface area contributed by atoms with Crippen molar-refractivity contribution in [1.29, 1.82) is 0 Å². The maximum atomic E-state index is 2.38. The Labute approximate surface area is 70.0 Å². The fourth-order valence-electron chi connectivity index (χ4n) is 1.50. The van der Waals surface area contributed by atoms with Gasteiger partial charge < -0.3 is 0 Å². The Morgan fingerprint density at radius 1 is 1.45 bits per heavy atom. The van der Waals surface area contributed by atoms with Crippen LogP contribution in [0.2, 0.25) is 0 Å². The summed E-state index contributed by atoms with van der Waals surface area (Å²) in [5.41, 5.74) is 3.15. The van der Waals surface area contributed by atoms with Crippen molar-refractivity contribution in [2.45, 2.75) is 40.0 Å². The molecule has 0 aromatic carbocycles. The summed E-state index contributed by atoms with van der Waals surface area (Å²) < 4.78 is 0. The molecule has 0 amide bonds. The van der Waals surface area contributed by atoms with Crippen LogP contribution in [0.3, 0.4) is 0 Å². The summed E-state index contributed by atoms with van der Waals surface area (Å²) in [4.78, 5) is 0. The van der Waals surface area contributed by atoms with Crippen LogP contribution in [0.25, 0.3) is 0 Å². The van der Waals surface area contributed by atoms with E-state index in [2.05, 4.69) is 32.9 Å². The highest BCUT2D eigenvalue weighted by atomic mass is 14.1. The largest absolute Gasteiger partial charge is 0.0772 e. The molecule has 0 unspecified atom stereocenters. The lowest BCUT2D eigenvalue weighted by atomic mass is 10.0. The van der Waals surface area contributed by atoms with Gasteiger partial charge in [-0.25, -0.2) is 0 Å². The van der Waals surface area contributed by atoms with Crippen molar-refractivity contribution in [1.82, 2.24) is 0 Å². The highest BCUT2D eigenvalue weighted by Gasteiger charge is 2.05. The third-order valence-corrected chi connectivity index (χ3v) is 2.11. The first-order chi connectivity index (χ1) is 5.22. The zero-order chi connectivity index (χ0) is 8.27. The highest BCUT2D eigenvalue weighted by molar-refractivity contribution is 5.32. The van der Waals surface area contributed by atoms with E-state index in [1.165, 1.54) is 19.3 Å². The van der Waals surface area contributed by atoms with Crippen LogP contribution < -0.4 is 0 Å². The molecule has 0 fully saturated rings. The Balaban J connectivity index is 2.44. The summed E-state index contributed by atoms with van der Waals surface area (Å²) in [5, 5.41) is 0. The van der Waals surface area contributed by atoms with E-state index in [-0.39, 0.29) is 0 Å². The fraction of sp³-hybridized carbons (Fsp3) is 0.636. The maximum Gasteiger partial charge on any atom is -0.0130 e. The second kappa shape index (κ2) is 3.75. The van der Waals surface area contributed by atoms with E-state index >= 15 is 0 Å². The lowest BCUT2D eigenvalue weighted by molar-refractivity contribution is 0.650. The molecule has 1 rings (SSSR count). The first-order valence-electron chi connectivity index (χ1n) is 4.60. The van der Waals surface area contributed by atoms with Gasteiger partial charge in [-0.3, -0.25) is 0 Å². The lowest BCUT2D eigenvalue weighted by Crippen LogP contribution is -1.86. The Bertz CT molecular complexity index is 182. The number of rotatable bonds is 3. The second-order valence-electron chi connectivity index (χ2n) is 3.74. The minimum absolute atomic E-state index is 0.800. The first kappa shape index (κ1) is 8.58. The zero-order valence-corrected chi connectivity index (χ0v) is 7.85. The number of allylic oxidation sites excluding steroid dienone is 4. The van der Waals surface area contributed by atoms with Crippen molar-refractivity contribution in [3.63, 3.8) is 0 Å². The molecule has 0 radical (unpaired) electrons. The van der Waals surface area contributed by atoms with Crippen LogP contribution in [0.4, 0.5) is 0 Å². The van der Waals surface area contributed by atoms with E-state index in [0.717, 1.165) is 5.92 Å². The SMILES string of the molecule is CCC1=CC(CC(C)C)=CC1. The van der Waals surface area contributed by atoms with Crippen molar-refractivity contribution < 1.29 is 0 Å². The Morgan fingerprint density at radius 3 is 2.64 bits per heavy atom. The van der Waals surface area contributed by atoms with E-state index < -0.39 is 0 Å². The van der Waals surface area contributed by atoms with E-state index in [1.807, 2.05) is 0 Å². The molecule has 1 aliphatic rings. The minimum Gasteiger partial charge on any atom is -0.0772 e. The zero-order valence-electron chi connectivity index (χ0n) is 7.85. The molecule has 0 bridgehead atoms. The molecule has 1 aliphatic carbocycles. The van der Waals surface area contributed by atoms with Crippen LogP contribution in [-0.4, -0.2) is 0 Å². The molecule has 11 heavy (non-hydrogen) atoms. The van der Waals surface area contributed by atoms with Crippen LogP contribution in [0, 0.1) is 5.92 Å². The molecule has 0 aliphatic heterocycles. The van der Waals surface area contributed by atoms with Gasteiger partial charge in [-0.1, -0.05) is 44.1 Å². The third-order valence-electron chi connectivity index (χ3n) is 2.11. The predicted octanol–water partition coefficient (Wildman–Crippen LogP) is 3.70. The van der Waals surface area contributed by atoms with Crippen LogP contribution in [0.1, 0.15) is 40.0 Å². The van der Waals surface area contributed by atoms with E-state index in [9.17, 15) is 0 Å². The smallest absolute Gasteiger partial charge is 0.0130 e. The number of hydrogen-bond donors (Lipinski definition) is 0. The van der Waals surface area contributed by atoms with Crippen molar-refractivity contribution >= 4 is 0 Å². The van der Waals surface area contributed by atoms with Crippen LogP contribution >= 0.6 is 0 Å². The fourth-order valence-corrected chi connectivity index (χ4v) is 1.50. The summed E-state index contributed by atoms with van der Waals surface area (Å²) in [6.07, 6.45) is 8.43. The van der Waals surface area contributed by atoms with Gasteiger partial charge in [0, 0.05) is 0 Å². The summed E-state index contributed by atoms with van der Waals surface area (Å²) in [6, 6.07) is 0. The van der Waals surface area contributed by atoms with Crippen molar-refractivity contribution in [3.05, 3.63) is 23.3 Å². The summed E-state index contributed by atoms with van der Waals surface area (Å²) in [7, 11) is 0. The van der Waals surface area contributed by atoms with Gasteiger partial charge in [0.2, 0.25) is 0 Å². The molecule has 0 heteroatoms. The van der Waals surface area contributed by atoms with Crippen molar-refractivity contribution in [3.8, 4) is 0 Å². The molecule has 0 heterocycles. The average Bonchev–Trinajstić information content (AvgIpc) is 2.34. The Kier molecular flexibility index (Phi) is 2.92. The summed E-state index contributed by atoms with van der Waals surface area (Å²) >= 11 is 0. The molecule has 0 saturated heterocycles. The highest BCUT2D eigenvalue weighted by Crippen LogP contribution is 2.24. The second-order valence-corrected chi connectivity index (χ2v) is 3.74.